The number of benzene rings is 1. The van der Waals surface area contributed by atoms with Crippen LogP contribution in [0.2, 0.25) is 0 Å². The summed E-state index contributed by atoms with van der Waals surface area (Å²) in [6, 6.07) is 8.00. The summed E-state index contributed by atoms with van der Waals surface area (Å²) in [5.74, 6) is 0.332. The Morgan fingerprint density at radius 2 is 2.12 bits per heavy atom. The van der Waals surface area contributed by atoms with Gasteiger partial charge in [0.05, 0.1) is 12.7 Å². The molecule has 0 saturated carbocycles. The van der Waals surface area contributed by atoms with Crippen LogP contribution in [0.5, 0.6) is 5.75 Å². The molecule has 1 fully saturated rings. The van der Waals surface area contributed by atoms with Gasteiger partial charge in [0.2, 0.25) is 0 Å². The minimum Gasteiger partial charge on any atom is -0.508 e. The first-order valence-corrected chi connectivity index (χ1v) is 6.35. The summed E-state index contributed by atoms with van der Waals surface area (Å²) in [4.78, 5) is 2.47. The van der Waals surface area contributed by atoms with Gasteiger partial charge in [-0.05, 0) is 31.0 Å². The van der Waals surface area contributed by atoms with Crippen LogP contribution in [-0.4, -0.2) is 35.8 Å². The molecule has 1 heterocycles. The Labute approximate surface area is 103 Å². The highest BCUT2D eigenvalue weighted by Gasteiger charge is 2.24. The SMILES string of the molecule is CCC(c1ccc(O)cc1)N1CCOC(C)C1. The van der Waals surface area contributed by atoms with Crippen molar-refractivity contribution in [1.82, 2.24) is 4.90 Å². The van der Waals surface area contributed by atoms with Gasteiger partial charge < -0.3 is 9.84 Å². The lowest BCUT2D eigenvalue weighted by Crippen LogP contribution is -2.42. The maximum atomic E-state index is 9.33. The number of hydrogen-bond donors (Lipinski definition) is 1. The zero-order chi connectivity index (χ0) is 12.3. The molecule has 94 valence electrons. The van der Waals surface area contributed by atoms with Crippen LogP contribution in [0.15, 0.2) is 24.3 Å². The van der Waals surface area contributed by atoms with Gasteiger partial charge in [0.25, 0.3) is 0 Å². The van der Waals surface area contributed by atoms with E-state index in [1.165, 1.54) is 5.56 Å². The van der Waals surface area contributed by atoms with Crippen molar-refractivity contribution in [1.29, 1.82) is 0 Å². The van der Waals surface area contributed by atoms with Crippen molar-refractivity contribution in [3.8, 4) is 5.75 Å². The Kier molecular flexibility index (Phi) is 4.02. The normalized spacial score (nSPS) is 23.5. The van der Waals surface area contributed by atoms with E-state index in [0.717, 1.165) is 26.1 Å². The Morgan fingerprint density at radius 1 is 1.41 bits per heavy atom. The quantitative estimate of drug-likeness (QED) is 0.874. The van der Waals surface area contributed by atoms with Crippen molar-refractivity contribution < 1.29 is 9.84 Å². The number of phenols is 1. The van der Waals surface area contributed by atoms with E-state index in [1.54, 1.807) is 12.1 Å². The lowest BCUT2D eigenvalue weighted by molar-refractivity contribution is -0.0352. The number of phenolic OH excluding ortho intramolecular Hbond substituents is 1. The number of aromatic hydroxyl groups is 1. The minimum atomic E-state index is 0.315. The van der Waals surface area contributed by atoms with Crippen LogP contribution < -0.4 is 0 Å². The molecule has 3 nitrogen and oxygen atoms in total. The van der Waals surface area contributed by atoms with Gasteiger partial charge >= 0.3 is 0 Å². The molecule has 1 saturated heterocycles. The predicted molar refractivity (Wildman–Crippen MR) is 68.1 cm³/mol. The maximum absolute atomic E-state index is 9.33. The van der Waals surface area contributed by atoms with E-state index in [4.69, 9.17) is 4.74 Å². The van der Waals surface area contributed by atoms with E-state index >= 15 is 0 Å². The standard InChI is InChI=1S/C14H21NO2/c1-3-14(12-4-6-13(16)7-5-12)15-8-9-17-11(2)10-15/h4-7,11,14,16H,3,8-10H2,1-2H3. The molecular formula is C14H21NO2. The summed E-state index contributed by atoms with van der Waals surface area (Å²) in [6.45, 7) is 7.12. The summed E-state index contributed by atoms with van der Waals surface area (Å²) >= 11 is 0. The van der Waals surface area contributed by atoms with E-state index in [2.05, 4.69) is 18.7 Å². The van der Waals surface area contributed by atoms with Crippen LogP contribution >= 0.6 is 0 Å². The monoisotopic (exact) mass is 235 g/mol. The molecule has 1 aromatic carbocycles. The highest BCUT2D eigenvalue weighted by molar-refractivity contribution is 5.28. The predicted octanol–water partition coefficient (Wildman–Crippen LogP) is 2.56. The summed E-state index contributed by atoms with van der Waals surface area (Å²) in [5.41, 5.74) is 1.28. The molecule has 0 aliphatic carbocycles. The lowest BCUT2D eigenvalue weighted by Gasteiger charge is -2.37. The van der Waals surface area contributed by atoms with E-state index in [9.17, 15) is 5.11 Å². The van der Waals surface area contributed by atoms with Gasteiger partial charge in [-0.2, -0.15) is 0 Å². The molecule has 2 rings (SSSR count). The summed E-state index contributed by atoms with van der Waals surface area (Å²) in [7, 11) is 0. The second-order valence-electron chi connectivity index (χ2n) is 4.69. The smallest absolute Gasteiger partial charge is 0.115 e. The van der Waals surface area contributed by atoms with Crippen LogP contribution in [0.3, 0.4) is 0 Å². The fourth-order valence-corrected chi connectivity index (χ4v) is 2.53. The molecule has 0 radical (unpaired) electrons. The van der Waals surface area contributed by atoms with Crippen LogP contribution in [0, 0.1) is 0 Å². The second kappa shape index (κ2) is 5.52. The minimum absolute atomic E-state index is 0.315. The Hall–Kier alpha value is -1.06. The number of rotatable bonds is 3. The Bertz CT molecular complexity index is 350. The molecule has 0 bridgehead atoms. The van der Waals surface area contributed by atoms with Gasteiger partial charge in [-0.1, -0.05) is 19.1 Å². The number of ether oxygens (including phenoxy) is 1. The number of morpholine rings is 1. The molecule has 2 atom stereocenters. The lowest BCUT2D eigenvalue weighted by atomic mass is 10.0. The van der Waals surface area contributed by atoms with Crippen molar-refractivity contribution in [2.75, 3.05) is 19.7 Å². The van der Waals surface area contributed by atoms with Gasteiger partial charge in [0, 0.05) is 19.1 Å². The van der Waals surface area contributed by atoms with Gasteiger partial charge in [-0.25, -0.2) is 0 Å². The Balaban J connectivity index is 2.12. The first-order chi connectivity index (χ1) is 8.20. The van der Waals surface area contributed by atoms with E-state index in [0.29, 0.717) is 17.9 Å². The topological polar surface area (TPSA) is 32.7 Å². The third-order valence-electron chi connectivity index (χ3n) is 3.38. The van der Waals surface area contributed by atoms with Crippen molar-refractivity contribution in [2.45, 2.75) is 32.4 Å². The molecule has 1 aliphatic heterocycles. The maximum Gasteiger partial charge on any atom is 0.115 e. The van der Waals surface area contributed by atoms with Crippen LogP contribution in [0.1, 0.15) is 31.9 Å². The molecule has 1 aliphatic rings. The van der Waals surface area contributed by atoms with Gasteiger partial charge in [0.15, 0.2) is 0 Å². The molecular weight excluding hydrogens is 214 g/mol. The fourth-order valence-electron chi connectivity index (χ4n) is 2.53. The number of nitrogens with zero attached hydrogens (tertiary/aromatic N) is 1. The van der Waals surface area contributed by atoms with Crippen LogP contribution in [-0.2, 0) is 4.74 Å². The van der Waals surface area contributed by atoms with E-state index in [1.807, 2.05) is 12.1 Å². The molecule has 0 amide bonds. The van der Waals surface area contributed by atoms with Crippen molar-refractivity contribution in [3.63, 3.8) is 0 Å². The van der Waals surface area contributed by atoms with Crippen molar-refractivity contribution in [2.24, 2.45) is 0 Å². The molecule has 3 heteroatoms. The third kappa shape index (κ3) is 2.99. The largest absolute Gasteiger partial charge is 0.508 e. The highest BCUT2D eigenvalue weighted by Crippen LogP contribution is 2.27. The molecule has 1 aromatic rings. The average molecular weight is 235 g/mol. The first-order valence-electron chi connectivity index (χ1n) is 6.35. The van der Waals surface area contributed by atoms with Gasteiger partial charge in [-0.3, -0.25) is 4.90 Å². The summed E-state index contributed by atoms with van der Waals surface area (Å²) < 4.78 is 5.58. The zero-order valence-corrected chi connectivity index (χ0v) is 10.6. The molecule has 1 N–H and O–H groups in total. The fraction of sp³-hybridized carbons (Fsp3) is 0.571. The number of hydrogen-bond acceptors (Lipinski definition) is 3. The molecule has 0 aromatic heterocycles. The van der Waals surface area contributed by atoms with Crippen molar-refractivity contribution in [3.05, 3.63) is 29.8 Å². The van der Waals surface area contributed by atoms with Gasteiger partial charge in [-0.15, -0.1) is 0 Å². The Morgan fingerprint density at radius 3 is 2.71 bits per heavy atom. The van der Waals surface area contributed by atoms with E-state index in [-0.39, 0.29) is 0 Å². The molecule has 0 spiro atoms. The third-order valence-corrected chi connectivity index (χ3v) is 3.38. The van der Waals surface area contributed by atoms with Crippen molar-refractivity contribution >= 4 is 0 Å². The average Bonchev–Trinajstić information content (AvgIpc) is 2.33. The molecule has 2 unspecified atom stereocenters. The van der Waals surface area contributed by atoms with Crippen LogP contribution in [0.25, 0.3) is 0 Å². The van der Waals surface area contributed by atoms with Gasteiger partial charge in [0.1, 0.15) is 5.75 Å². The highest BCUT2D eigenvalue weighted by atomic mass is 16.5. The zero-order valence-electron chi connectivity index (χ0n) is 10.6. The molecule has 17 heavy (non-hydrogen) atoms. The first kappa shape index (κ1) is 12.4. The van der Waals surface area contributed by atoms with Crippen LogP contribution in [0.4, 0.5) is 0 Å². The second-order valence-corrected chi connectivity index (χ2v) is 4.69. The summed E-state index contributed by atoms with van der Waals surface area (Å²) in [5, 5.41) is 9.33. The summed E-state index contributed by atoms with van der Waals surface area (Å²) in [6.07, 6.45) is 1.40. The van der Waals surface area contributed by atoms with E-state index < -0.39 is 0 Å².